The second kappa shape index (κ2) is 5.51. The highest BCUT2D eigenvalue weighted by Crippen LogP contribution is 2.12. The third-order valence-electron chi connectivity index (χ3n) is 2.01. The van der Waals surface area contributed by atoms with Gasteiger partial charge < -0.3 is 4.74 Å². The minimum Gasteiger partial charge on any atom is -0.469 e. The maximum absolute atomic E-state index is 11.1. The summed E-state index contributed by atoms with van der Waals surface area (Å²) in [5.41, 5.74) is 1.54. The zero-order chi connectivity index (χ0) is 11.3. The van der Waals surface area contributed by atoms with Crippen LogP contribution in [0.5, 0.6) is 0 Å². The lowest BCUT2D eigenvalue weighted by Crippen LogP contribution is -2.08. The monoisotopic (exact) mass is 226 g/mol. The fraction of sp³-hybridized carbons (Fsp3) is 0.273. The minimum absolute atomic E-state index is 0.134. The van der Waals surface area contributed by atoms with E-state index in [-0.39, 0.29) is 18.8 Å². The van der Waals surface area contributed by atoms with Crippen LogP contribution in [0.15, 0.2) is 24.3 Å². The van der Waals surface area contributed by atoms with Crippen LogP contribution in [-0.2, 0) is 27.2 Å². The maximum Gasteiger partial charge on any atom is 0.309 e. The molecule has 3 nitrogen and oxygen atoms in total. The number of ether oxygens (including phenoxy) is 1. The van der Waals surface area contributed by atoms with Crippen molar-refractivity contribution in [2.45, 2.75) is 12.8 Å². The number of methoxy groups -OCH3 is 1. The Labute approximate surface area is 93.0 Å². The Morgan fingerprint density at radius 3 is 2.20 bits per heavy atom. The van der Waals surface area contributed by atoms with Crippen molar-refractivity contribution < 1.29 is 14.3 Å². The SMILES string of the molecule is COC(=O)Cc1ccccc1CC(=O)Cl. The predicted molar refractivity (Wildman–Crippen MR) is 56.7 cm³/mol. The molecule has 0 radical (unpaired) electrons. The van der Waals surface area contributed by atoms with Crippen molar-refractivity contribution >= 4 is 22.8 Å². The summed E-state index contributed by atoms with van der Waals surface area (Å²) >= 11 is 5.30. The quantitative estimate of drug-likeness (QED) is 0.580. The molecule has 0 amide bonds. The van der Waals surface area contributed by atoms with E-state index in [0.717, 1.165) is 11.1 Å². The van der Waals surface area contributed by atoms with Crippen LogP contribution < -0.4 is 0 Å². The van der Waals surface area contributed by atoms with Gasteiger partial charge in [-0.1, -0.05) is 24.3 Å². The van der Waals surface area contributed by atoms with Crippen molar-refractivity contribution in [1.82, 2.24) is 0 Å². The summed E-state index contributed by atoms with van der Waals surface area (Å²) in [5.74, 6) is -0.329. The highest BCUT2D eigenvalue weighted by molar-refractivity contribution is 6.63. The van der Waals surface area contributed by atoms with E-state index in [9.17, 15) is 9.59 Å². The fourth-order valence-electron chi connectivity index (χ4n) is 1.28. The summed E-state index contributed by atoms with van der Waals surface area (Å²) in [5, 5.41) is -0.438. The van der Waals surface area contributed by atoms with E-state index in [4.69, 9.17) is 11.6 Å². The Morgan fingerprint density at radius 1 is 1.20 bits per heavy atom. The van der Waals surface area contributed by atoms with Crippen LogP contribution in [0.2, 0.25) is 0 Å². The summed E-state index contributed by atoms with van der Waals surface area (Å²) in [4.78, 5) is 21.8. The van der Waals surface area contributed by atoms with Crippen LogP contribution in [-0.4, -0.2) is 18.3 Å². The third kappa shape index (κ3) is 3.72. The average Bonchev–Trinajstić information content (AvgIpc) is 2.20. The van der Waals surface area contributed by atoms with E-state index in [1.807, 2.05) is 0 Å². The van der Waals surface area contributed by atoms with Gasteiger partial charge in [0.05, 0.1) is 13.5 Å². The van der Waals surface area contributed by atoms with Gasteiger partial charge in [-0.2, -0.15) is 0 Å². The van der Waals surface area contributed by atoms with Gasteiger partial charge in [0.25, 0.3) is 0 Å². The van der Waals surface area contributed by atoms with Gasteiger partial charge in [0.1, 0.15) is 0 Å². The first kappa shape index (κ1) is 11.7. The van der Waals surface area contributed by atoms with Gasteiger partial charge in [0.15, 0.2) is 0 Å². The van der Waals surface area contributed by atoms with Crippen LogP contribution >= 0.6 is 11.6 Å². The van der Waals surface area contributed by atoms with E-state index in [0.29, 0.717) is 0 Å². The molecule has 4 heteroatoms. The number of carbonyl (C=O) groups is 2. The summed E-state index contributed by atoms with van der Waals surface area (Å²) in [6.07, 6.45) is 0.297. The first-order valence-corrected chi connectivity index (χ1v) is 4.83. The lowest BCUT2D eigenvalue weighted by Gasteiger charge is -2.05. The molecule has 0 bridgehead atoms. The minimum atomic E-state index is -0.438. The highest BCUT2D eigenvalue weighted by atomic mass is 35.5. The van der Waals surface area contributed by atoms with Crippen molar-refractivity contribution in [3.8, 4) is 0 Å². The fourth-order valence-corrected chi connectivity index (χ4v) is 1.42. The molecule has 0 aliphatic rings. The van der Waals surface area contributed by atoms with Gasteiger partial charge in [-0.05, 0) is 22.7 Å². The van der Waals surface area contributed by atoms with Crippen molar-refractivity contribution in [3.63, 3.8) is 0 Å². The number of rotatable bonds is 4. The Hall–Kier alpha value is -1.35. The molecule has 0 unspecified atom stereocenters. The molecule has 15 heavy (non-hydrogen) atoms. The summed E-state index contributed by atoms with van der Waals surface area (Å²) < 4.78 is 4.56. The molecule has 0 heterocycles. The van der Waals surface area contributed by atoms with Gasteiger partial charge in [-0.25, -0.2) is 0 Å². The van der Waals surface area contributed by atoms with Crippen LogP contribution in [0.25, 0.3) is 0 Å². The molecule has 1 rings (SSSR count). The topological polar surface area (TPSA) is 43.4 Å². The number of carbonyl (C=O) groups excluding carboxylic acids is 2. The van der Waals surface area contributed by atoms with Crippen LogP contribution in [0.1, 0.15) is 11.1 Å². The summed E-state index contributed by atoms with van der Waals surface area (Å²) in [6.45, 7) is 0. The highest BCUT2D eigenvalue weighted by Gasteiger charge is 2.09. The normalized spacial score (nSPS) is 9.73. The second-order valence-electron chi connectivity index (χ2n) is 3.05. The van der Waals surface area contributed by atoms with Gasteiger partial charge >= 0.3 is 5.97 Å². The molecular formula is C11H11ClO3. The van der Waals surface area contributed by atoms with Crippen LogP contribution in [0.3, 0.4) is 0 Å². The van der Waals surface area contributed by atoms with E-state index < -0.39 is 5.24 Å². The van der Waals surface area contributed by atoms with Gasteiger partial charge in [0.2, 0.25) is 5.24 Å². The molecule has 0 aromatic heterocycles. The van der Waals surface area contributed by atoms with E-state index in [1.54, 1.807) is 24.3 Å². The molecule has 0 saturated heterocycles. The molecule has 0 fully saturated rings. The smallest absolute Gasteiger partial charge is 0.309 e. The second-order valence-corrected chi connectivity index (χ2v) is 3.48. The van der Waals surface area contributed by atoms with Crippen LogP contribution in [0.4, 0.5) is 0 Å². The molecule has 1 aromatic rings. The molecule has 0 N–H and O–H groups in total. The Balaban J connectivity index is 2.85. The van der Waals surface area contributed by atoms with E-state index >= 15 is 0 Å². The number of hydrogen-bond donors (Lipinski definition) is 0. The molecule has 0 aliphatic carbocycles. The summed E-state index contributed by atoms with van der Waals surface area (Å²) in [7, 11) is 1.33. The molecule has 0 spiro atoms. The number of esters is 1. The van der Waals surface area contributed by atoms with Gasteiger partial charge in [-0.15, -0.1) is 0 Å². The molecule has 0 saturated carbocycles. The molecule has 0 aliphatic heterocycles. The maximum atomic E-state index is 11.1. The third-order valence-corrected chi connectivity index (χ3v) is 2.14. The summed E-state index contributed by atoms with van der Waals surface area (Å²) in [6, 6.07) is 7.17. The van der Waals surface area contributed by atoms with Gasteiger partial charge in [-0.3, -0.25) is 9.59 Å². The van der Waals surface area contributed by atoms with Crippen LogP contribution in [0, 0.1) is 0 Å². The molecular weight excluding hydrogens is 216 g/mol. The van der Waals surface area contributed by atoms with E-state index in [2.05, 4.69) is 4.74 Å². The lowest BCUT2D eigenvalue weighted by molar-refractivity contribution is -0.139. The van der Waals surface area contributed by atoms with Gasteiger partial charge in [0, 0.05) is 6.42 Å². The molecule has 1 aromatic carbocycles. The number of halogens is 1. The van der Waals surface area contributed by atoms with E-state index in [1.165, 1.54) is 7.11 Å². The lowest BCUT2D eigenvalue weighted by atomic mass is 10.0. The Kier molecular flexibility index (Phi) is 4.31. The predicted octanol–water partition coefficient (Wildman–Crippen LogP) is 1.71. The van der Waals surface area contributed by atoms with Crippen molar-refractivity contribution in [2.24, 2.45) is 0 Å². The zero-order valence-corrected chi connectivity index (χ0v) is 9.08. The largest absolute Gasteiger partial charge is 0.469 e. The standard InChI is InChI=1S/C11H11ClO3/c1-15-11(14)7-9-5-3-2-4-8(9)6-10(12)13/h2-5H,6-7H2,1H3. The number of hydrogen-bond acceptors (Lipinski definition) is 3. The molecule has 80 valence electrons. The van der Waals surface area contributed by atoms with Crippen molar-refractivity contribution in [3.05, 3.63) is 35.4 Å². The first-order valence-electron chi connectivity index (χ1n) is 4.45. The Bertz CT molecular complexity index is 374. The molecule has 0 atom stereocenters. The first-order chi connectivity index (χ1) is 7.13. The average molecular weight is 227 g/mol. The zero-order valence-electron chi connectivity index (χ0n) is 8.33. The Morgan fingerprint density at radius 2 is 1.73 bits per heavy atom. The van der Waals surface area contributed by atoms with Crippen molar-refractivity contribution in [1.29, 1.82) is 0 Å². The number of benzene rings is 1. The van der Waals surface area contributed by atoms with Crippen molar-refractivity contribution in [2.75, 3.05) is 7.11 Å².